The number of nitro benzene ring substituents is 1. The summed E-state index contributed by atoms with van der Waals surface area (Å²) >= 11 is 0. The minimum Gasteiger partial charge on any atom is -0.398 e. The predicted molar refractivity (Wildman–Crippen MR) is 105 cm³/mol. The highest BCUT2D eigenvalue weighted by Gasteiger charge is 2.42. The minimum absolute atomic E-state index is 0.0229. The molecule has 9 heteroatoms. The average Bonchev–Trinajstić information content (AvgIpc) is 2.99. The third-order valence-electron chi connectivity index (χ3n) is 5.27. The van der Waals surface area contributed by atoms with Crippen LogP contribution in [0.15, 0.2) is 36.4 Å². The van der Waals surface area contributed by atoms with Gasteiger partial charge in [0.1, 0.15) is 5.69 Å². The molecule has 2 N–H and O–H groups in total. The smallest absolute Gasteiger partial charge is 0.293 e. The fraction of sp³-hybridized carbons (Fsp3) is 0.250. The number of nitrogen functional groups attached to an aromatic ring is 1. The molecule has 3 amide bonds. The normalized spacial score (nSPS) is 16.1. The summed E-state index contributed by atoms with van der Waals surface area (Å²) < 4.78 is 0. The van der Waals surface area contributed by atoms with Crippen LogP contribution in [-0.4, -0.2) is 40.6 Å². The second kappa shape index (κ2) is 7.01. The van der Waals surface area contributed by atoms with Crippen molar-refractivity contribution in [3.05, 3.63) is 63.2 Å². The predicted octanol–water partition coefficient (Wildman–Crippen LogP) is 2.60. The van der Waals surface area contributed by atoms with Gasteiger partial charge in [-0.1, -0.05) is 6.07 Å². The molecule has 1 fully saturated rings. The third kappa shape index (κ3) is 3.00. The van der Waals surface area contributed by atoms with E-state index in [0.29, 0.717) is 23.7 Å². The van der Waals surface area contributed by atoms with Crippen LogP contribution in [0, 0.1) is 10.1 Å². The summed E-state index contributed by atoms with van der Waals surface area (Å²) in [5.41, 5.74) is 6.00. The summed E-state index contributed by atoms with van der Waals surface area (Å²) in [7, 11) is 0. The van der Waals surface area contributed by atoms with Gasteiger partial charge in [-0.05, 0) is 43.5 Å². The molecule has 0 unspecified atom stereocenters. The molecule has 4 rings (SSSR count). The van der Waals surface area contributed by atoms with Crippen molar-refractivity contribution in [3.63, 3.8) is 0 Å². The van der Waals surface area contributed by atoms with E-state index in [1.807, 2.05) is 4.90 Å². The second-order valence-corrected chi connectivity index (χ2v) is 7.03. The number of hydrogen-bond acceptors (Lipinski definition) is 7. The van der Waals surface area contributed by atoms with Gasteiger partial charge in [-0.15, -0.1) is 0 Å². The van der Waals surface area contributed by atoms with E-state index in [-0.39, 0.29) is 28.1 Å². The van der Waals surface area contributed by atoms with Crippen molar-refractivity contribution in [3.8, 4) is 0 Å². The van der Waals surface area contributed by atoms with Crippen LogP contribution >= 0.6 is 0 Å². The molecular weight excluding hydrogens is 376 g/mol. The summed E-state index contributed by atoms with van der Waals surface area (Å²) in [5, 5.41) is 11.6. The van der Waals surface area contributed by atoms with Crippen molar-refractivity contribution in [2.24, 2.45) is 0 Å². The largest absolute Gasteiger partial charge is 0.398 e. The van der Waals surface area contributed by atoms with E-state index in [9.17, 15) is 24.5 Å². The van der Waals surface area contributed by atoms with E-state index in [1.54, 1.807) is 0 Å². The highest BCUT2D eigenvalue weighted by Crippen LogP contribution is 2.33. The molecule has 0 spiro atoms. The highest BCUT2D eigenvalue weighted by atomic mass is 16.6. The molecule has 0 aliphatic carbocycles. The quantitative estimate of drug-likeness (QED) is 0.367. The van der Waals surface area contributed by atoms with Crippen molar-refractivity contribution in [1.82, 2.24) is 4.90 Å². The fourth-order valence-corrected chi connectivity index (χ4v) is 3.83. The standard InChI is InChI=1S/C20H18N4O5/c21-14-6-4-5-13-17(14)20(27)23(19(13)26)18(25)12-7-8-15(16(11-12)24(28)29)22-9-2-1-3-10-22/h4-8,11H,1-3,9-10,21H2. The Balaban J connectivity index is 1.70. The molecule has 0 radical (unpaired) electrons. The van der Waals surface area contributed by atoms with E-state index >= 15 is 0 Å². The summed E-state index contributed by atoms with van der Waals surface area (Å²) in [6, 6.07) is 8.44. The minimum atomic E-state index is -0.913. The van der Waals surface area contributed by atoms with Crippen LogP contribution in [0.5, 0.6) is 0 Å². The number of imide groups is 3. The first-order valence-corrected chi connectivity index (χ1v) is 9.25. The van der Waals surface area contributed by atoms with Crippen LogP contribution in [-0.2, 0) is 0 Å². The number of fused-ring (bicyclic) bond motifs is 1. The number of anilines is 2. The van der Waals surface area contributed by atoms with Crippen LogP contribution in [0.25, 0.3) is 0 Å². The maximum Gasteiger partial charge on any atom is 0.293 e. The molecule has 29 heavy (non-hydrogen) atoms. The van der Waals surface area contributed by atoms with Gasteiger partial charge < -0.3 is 10.6 Å². The van der Waals surface area contributed by atoms with Gasteiger partial charge in [0, 0.05) is 30.4 Å². The Bertz CT molecular complexity index is 1060. The Kier molecular flexibility index (Phi) is 4.50. The maximum atomic E-state index is 12.9. The van der Waals surface area contributed by atoms with Crippen molar-refractivity contribution < 1.29 is 19.3 Å². The number of nitrogens with two attached hydrogens (primary N) is 1. The molecule has 9 nitrogen and oxygen atoms in total. The number of hydrogen-bond donors (Lipinski definition) is 1. The number of piperidine rings is 1. The number of nitrogens with zero attached hydrogens (tertiary/aromatic N) is 3. The summed E-state index contributed by atoms with van der Waals surface area (Å²) in [5.74, 6) is -2.52. The van der Waals surface area contributed by atoms with Gasteiger partial charge in [0.25, 0.3) is 23.4 Å². The fourth-order valence-electron chi connectivity index (χ4n) is 3.83. The molecular formula is C20H18N4O5. The van der Waals surface area contributed by atoms with Gasteiger partial charge >= 0.3 is 0 Å². The van der Waals surface area contributed by atoms with Crippen molar-refractivity contribution in [1.29, 1.82) is 0 Å². The molecule has 2 aromatic carbocycles. The van der Waals surface area contributed by atoms with Gasteiger partial charge in [-0.2, -0.15) is 0 Å². The maximum absolute atomic E-state index is 12.9. The van der Waals surface area contributed by atoms with E-state index in [1.165, 1.54) is 30.3 Å². The van der Waals surface area contributed by atoms with Crippen LogP contribution in [0.1, 0.15) is 50.3 Å². The number of carbonyl (C=O) groups is 3. The third-order valence-corrected chi connectivity index (χ3v) is 5.27. The summed E-state index contributed by atoms with van der Waals surface area (Å²) in [6.45, 7) is 1.40. The van der Waals surface area contributed by atoms with Crippen molar-refractivity contribution in [2.75, 3.05) is 23.7 Å². The van der Waals surface area contributed by atoms with Crippen LogP contribution in [0.4, 0.5) is 17.1 Å². The van der Waals surface area contributed by atoms with Gasteiger partial charge in [0.05, 0.1) is 16.1 Å². The van der Waals surface area contributed by atoms with E-state index in [2.05, 4.69) is 0 Å². The zero-order chi connectivity index (χ0) is 20.7. The molecule has 2 heterocycles. The Morgan fingerprint density at radius 3 is 2.41 bits per heavy atom. The Labute approximate surface area is 165 Å². The monoisotopic (exact) mass is 394 g/mol. The number of amides is 3. The summed E-state index contributed by atoms with van der Waals surface area (Å²) in [6.07, 6.45) is 2.95. The zero-order valence-corrected chi connectivity index (χ0v) is 15.5. The molecule has 2 aliphatic rings. The highest BCUT2D eigenvalue weighted by molar-refractivity contribution is 6.32. The number of rotatable bonds is 3. The Morgan fingerprint density at radius 1 is 1.03 bits per heavy atom. The zero-order valence-electron chi connectivity index (χ0n) is 15.5. The van der Waals surface area contributed by atoms with Gasteiger partial charge in [0.15, 0.2) is 0 Å². The lowest BCUT2D eigenvalue weighted by atomic mass is 10.1. The molecule has 148 valence electrons. The molecule has 0 aromatic heterocycles. The van der Waals surface area contributed by atoms with Crippen molar-refractivity contribution >= 4 is 34.8 Å². The lowest BCUT2D eigenvalue weighted by Gasteiger charge is -2.28. The number of nitro groups is 1. The first kappa shape index (κ1) is 18.6. The average molecular weight is 394 g/mol. The summed E-state index contributed by atoms with van der Waals surface area (Å²) in [4.78, 5) is 51.6. The lowest BCUT2D eigenvalue weighted by molar-refractivity contribution is -0.384. The Hall–Kier alpha value is -3.75. The molecule has 0 atom stereocenters. The number of carbonyl (C=O) groups excluding carboxylic acids is 3. The van der Waals surface area contributed by atoms with Gasteiger partial charge in [-0.25, -0.2) is 4.90 Å². The van der Waals surface area contributed by atoms with Gasteiger partial charge in [-0.3, -0.25) is 24.5 Å². The van der Waals surface area contributed by atoms with Crippen LogP contribution < -0.4 is 10.6 Å². The van der Waals surface area contributed by atoms with Crippen LogP contribution in [0.2, 0.25) is 0 Å². The molecule has 2 aliphatic heterocycles. The second-order valence-electron chi connectivity index (χ2n) is 7.03. The van der Waals surface area contributed by atoms with E-state index in [0.717, 1.165) is 25.3 Å². The molecule has 0 saturated carbocycles. The van der Waals surface area contributed by atoms with E-state index < -0.39 is 22.6 Å². The lowest BCUT2D eigenvalue weighted by Crippen LogP contribution is -2.36. The van der Waals surface area contributed by atoms with E-state index in [4.69, 9.17) is 5.73 Å². The molecule has 2 aromatic rings. The van der Waals surface area contributed by atoms with Gasteiger partial charge in [0.2, 0.25) is 0 Å². The first-order chi connectivity index (χ1) is 13.9. The first-order valence-electron chi connectivity index (χ1n) is 9.25. The molecule has 0 bridgehead atoms. The topological polar surface area (TPSA) is 127 Å². The Morgan fingerprint density at radius 2 is 1.76 bits per heavy atom. The molecule has 1 saturated heterocycles. The van der Waals surface area contributed by atoms with Crippen LogP contribution in [0.3, 0.4) is 0 Å². The number of benzene rings is 2. The SMILES string of the molecule is Nc1cccc2c1C(=O)N(C(=O)c1ccc(N3CCCCC3)c([N+](=O)[O-])c1)C2=O. The van der Waals surface area contributed by atoms with Crippen molar-refractivity contribution in [2.45, 2.75) is 19.3 Å².